The first-order valence-corrected chi connectivity index (χ1v) is 6.11. The molecule has 1 aliphatic heterocycles. The highest BCUT2D eigenvalue weighted by Gasteiger charge is 2.33. The van der Waals surface area contributed by atoms with Gasteiger partial charge < -0.3 is 20.5 Å². The molecule has 2 amide bonds. The summed E-state index contributed by atoms with van der Waals surface area (Å²) in [4.78, 5) is 22.3. The van der Waals surface area contributed by atoms with Gasteiger partial charge in [0.15, 0.2) is 0 Å². The second kappa shape index (κ2) is 5.77. The van der Waals surface area contributed by atoms with Crippen LogP contribution in [0.4, 0.5) is 9.18 Å². The lowest BCUT2D eigenvalue weighted by Crippen LogP contribution is -2.51. The van der Waals surface area contributed by atoms with Crippen molar-refractivity contribution in [1.29, 1.82) is 0 Å². The molecule has 0 bridgehead atoms. The number of piperidine rings is 1. The summed E-state index contributed by atoms with van der Waals surface area (Å²) < 4.78 is 19.0. The maximum Gasteiger partial charge on any atom is 0.404 e. The molecule has 2 rings (SSSR count). The monoisotopic (exact) mass is 282 g/mol. The Bertz CT molecular complexity index is 535. The zero-order valence-electron chi connectivity index (χ0n) is 10.9. The number of methoxy groups -OCH3 is 1. The van der Waals surface area contributed by atoms with Crippen LogP contribution in [0.25, 0.3) is 0 Å². The molecule has 0 radical (unpaired) electrons. The molecule has 0 saturated carbocycles. The van der Waals surface area contributed by atoms with Crippen molar-refractivity contribution in [3.63, 3.8) is 0 Å². The van der Waals surface area contributed by atoms with Crippen LogP contribution in [0.2, 0.25) is 0 Å². The molecule has 2 unspecified atom stereocenters. The van der Waals surface area contributed by atoms with Gasteiger partial charge in [-0.1, -0.05) is 6.07 Å². The van der Waals surface area contributed by atoms with E-state index < -0.39 is 23.9 Å². The minimum atomic E-state index is -1.20. The average Bonchev–Trinajstić information content (AvgIpc) is 2.40. The molecule has 1 heterocycles. The predicted octanol–water partition coefficient (Wildman–Crippen LogP) is 1.07. The summed E-state index contributed by atoms with van der Waals surface area (Å²) >= 11 is 0. The first-order chi connectivity index (χ1) is 9.51. The highest BCUT2D eigenvalue weighted by atomic mass is 19.1. The molecule has 1 aromatic carbocycles. The standard InChI is InChI=1S/C13H15FN2O4/c1-20-7-2-3-8(10(14)4-7)9-5-12(17)15-6-11(9)16-13(18)19/h2-4,9,11,16H,5-6H2,1H3,(H,15,17)(H,18,19). The Labute approximate surface area is 114 Å². The van der Waals surface area contributed by atoms with E-state index in [0.717, 1.165) is 0 Å². The maximum atomic E-state index is 14.1. The lowest BCUT2D eigenvalue weighted by atomic mass is 9.85. The zero-order valence-corrected chi connectivity index (χ0v) is 10.9. The highest BCUT2D eigenvalue weighted by molar-refractivity contribution is 5.78. The maximum absolute atomic E-state index is 14.1. The molecule has 2 atom stereocenters. The molecule has 1 aliphatic rings. The molecule has 7 heteroatoms. The van der Waals surface area contributed by atoms with Crippen molar-refractivity contribution in [3.05, 3.63) is 29.6 Å². The number of carbonyl (C=O) groups excluding carboxylic acids is 1. The van der Waals surface area contributed by atoms with Crippen molar-refractivity contribution in [3.8, 4) is 5.75 Å². The molecule has 0 spiro atoms. The molecular weight excluding hydrogens is 267 g/mol. The number of halogens is 1. The number of ether oxygens (including phenoxy) is 1. The molecule has 0 aromatic heterocycles. The van der Waals surface area contributed by atoms with Crippen LogP contribution >= 0.6 is 0 Å². The Morgan fingerprint density at radius 2 is 2.30 bits per heavy atom. The van der Waals surface area contributed by atoms with E-state index >= 15 is 0 Å². The van der Waals surface area contributed by atoms with Gasteiger partial charge in [0.1, 0.15) is 11.6 Å². The fraction of sp³-hybridized carbons (Fsp3) is 0.385. The smallest absolute Gasteiger partial charge is 0.404 e. The first-order valence-electron chi connectivity index (χ1n) is 6.11. The van der Waals surface area contributed by atoms with Gasteiger partial charge in [-0.05, 0) is 11.6 Å². The van der Waals surface area contributed by atoms with E-state index in [4.69, 9.17) is 9.84 Å². The van der Waals surface area contributed by atoms with E-state index in [1.54, 1.807) is 6.07 Å². The SMILES string of the molecule is COc1ccc(C2CC(=O)NCC2NC(=O)O)c(F)c1. The van der Waals surface area contributed by atoms with Gasteiger partial charge in [-0.2, -0.15) is 0 Å². The fourth-order valence-electron chi connectivity index (χ4n) is 2.35. The highest BCUT2D eigenvalue weighted by Crippen LogP contribution is 2.30. The fourth-order valence-corrected chi connectivity index (χ4v) is 2.35. The Balaban J connectivity index is 2.30. The Kier molecular flexibility index (Phi) is 4.07. The number of benzene rings is 1. The van der Waals surface area contributed by atoms with Gasteiger partial charge in [-0.3, -0.25) is 4.79 Å². The van der Waals surface area contributed by atoms with Crippen molar-refractivity contribution >= 4 is 12.0 Å². The molecule has 1 fully saturated rings. The number of hydrogen-bond donors (Lipinski definition) is 3. The number of rotatable bonds is 3. The van der Waals surface area contributed by atoms with Crippen molar-refractivity contribution in [2.45, 2.75) is 18.4 Å². The summed E-state index contributed by atoms with van der Waals surface area (Å²) in [6.07, 6.45) is -1.17. The van der Waals surface area contributed by atoms with Crippen LogP contribution in [-0.4, -0.2) is 36.8 Å². The van der Waals surface area contributed by atoms with Crippen LogP contribution < -0.4 is 15.4 Å². The third kappa shape index (κ3) is 2.98. The molecule has 6 nitrogen and oxygen atoms in total. The van der Waals surface area contributed by atoms with Crippen LogP contribution in [0.15, 0.2) is 18.2 Å². The second-order valence-electron chi connectivity index (χ2n) is 4.56. The largest absolute Gasteiger partial charge is 0.497 e. The summed E-state index contributed by atoms with van der Waals surface area (Å²) in [6, 6.07) is 3.77. The number of amides is 2. The second-order valence-corrected chi connectivity index (χ2v) is 4.56. The lowest BCUT2D eigenvalue weighted by Gasteiger charge is -2.31. The van der Waals surface area contributed by atoms with Gasteiger partial charge in [0.05, 0.1) is 13.2 Å². The molecule has 0 aliphatic carbocycles. The molecule has 20 heavy (non-hydrogen) atoms. The quantitative estimate of drug-likeness (QED) is 0.774. The molecular formula is C13H15FN2O4. The Hall–Kier alpha value is -2.31. The third-order valence-electron chi connectivity index (χ3n) is 3.33. The van der Waals surface area contributed by atoms with E-state index in [-0.39, 0.29) is 18.9 Å². The van der Waals surface area contributed by atoms with Gasteiger partial charge >= 0.3 is 6.09 Å². The van der Waals surface area contributed by atoms with E-state index in [1.807, 2.05) is 0 Å². The minimum absolute atomic E-state index is 0.0359. The average molecular weight is 282 g/mol. The molecule has 1 aromatic rings. The van der Waals surface area contributed by atoms with Crippen molar-refractivity contribution < 1.29 is 23.8 Å². The summed E-state index contributed by atoms with van der Waals surface area (Å²) in [6.45, 7) is 0.140. The minimum Gasteiger partial charge on any atom is -0.497 e. The van der Waals surface area contributed by atoms with Crippen LogP contribution in [0.5, 0.6) is 5.75 Å². The van der Waals surface area contributed by atoms with Crippen molar-refractivity contribution in [1.82, 2.24) is 10.6 Å². The number of hydrogen-bond acceptors (Lipinski definition) is 3. The summed E-state index contributed by atoms with van der Waals surface area (Å²) in [5, 5.41) is 13.7. The topological polar surface area (TPSA) is 87.7 Å². The number of nitrogens with one attached hydrogen (secondary N) is 2. The Morgan fingerprint density at radius 1 is 1.55 bits per heavy atom. The van der Waals surface area contributed by atoms with E-state index in [9.17, 15) is 14.0 Å². The van der Waals surface area contributed by atoms with Gasteiger partial charge in [0, 0.05) is 24.9 Å². The van der Waals surface area contributed by atoms with Gasteiger partial charge in [0.2, 0.25) is 5.91 Å². The van der Waals surface area contributed by atoms with Crippen molar-refractivity contribution in [2.24, 2.45) is 0 Å². The summed E-state index contributed by atoms with van der Waals surface area (Å²) in [5.41, 5.74) is 0.305. The summed E-state index contributed by atoms with van der Waals surface area (Å²) in [5.74, 6) is -0.907. The predicted molar refractivity (Wildman–Crippen MR) is 68.3 cm³/mol. The third-order valence-corrected chi connectivity index (χ3v) is 3.33. The summed E-state index contributed by atoms with van der Waals surface area (Å²) in [7, 11) is 1.43. The number of carboxylic acid groups (broad SMARTS) is 1. The van der Waals surface area contributed by atoms with Gasteiger partial charge in [-0.15, -0.1) is 0 Å². The normalized spacial score (nSPS) is 22.0. The van der Waals surface area contributed by atoms with Gasteiger partial charge in [0.25, 0.3) is 0 Å². The molecule has 1 saturated heterocycles. The number of carbonyl (C=O) groups is 2. The van der Waals surface area contributed by atoms with Crippen molar-refractivity contribution in [2.75, 3.05) is 13.7 Å². The lowest BCUT2D eigenvalue weighted by molar-refractivity contribution is -0.123. The zero-order chi connectivity index (χ0) is 14.7. The van der Waals surface area contributed by atoms with E-state index in [0.29, 0.717) is 11.3 Å². The van der Waals surface area contributed by atoms with Crippen LogP contribution in [0, 0.1) is 5.82 Å². The van der Waals surface area contributed by atoms with Gasteiger partial charge in [-0.25, -0.2) is 9.18 Å². The van der Waals surface area contributed by atoms with Crippen LogP contribution in [0.3, 0.4) is 0 Å². The first kappa shape index (κ1) is 14.1. The van der Waals surface area contributed by atoms with Crippen LogP contribution in [-0.2, 0) is 4.79 Å². The Morgan fingerprint density at radius 3 is 2.90 bits per heavy atom. The molecule has 3 N–H and O–H groups in total. The van der Waals surface area contributed by atoms with E-state index in [1.165, 1.54) is 19.2 Å². The van der Waals surface area contributed by atoms with Crippen LogP contribution in [0.1, 0.15) is 17.9 Å². The molecule has 108 valence electrons. The van der Waals surface area contributed by atoms with E-state index in [2.05, 4.69) is 10.6 Å².